The highest BCUT2D eigenvalue weighted by Crippen LogP contribution is 2.49. The van der Waals surface area contributed by atoms with Gasteiger partial charge in [-0.2, -0.15) is 0 Å². The second-order valence-electron chi connectivity index (χ2n) is 5.93. The number of hydrogen-bond donors (Lipinski definition) is 1. The van der Waals surface area contributed by atoms with Gasteiger partial charge in [-0.1, -0.05) is 32.0 Å². The van der Waals surface area contributed by atoms with Crippen molar-refractivity contribution >= 4 is 0 Å². The molecule has 0 spiro atoms. The molecule has 0 radical (unpaired) electrons. The Morgan fingerprint density at radius 1 is 1.24 bits per heavy atom. The van der Waals surface area contributed by atoms with Crippen LogP contribution in [0.5, 0.6) is 5.75 Å². The fraction of sp³-hybridized carbons (Fsp3) is 0.600. The van der Waals surface area contributed by atoms with Crippen LogP contribution in [0.15, 0.2) is 24.3 Å². The minimum Gasteiger partial charge on any atom is -0.494 e. The zero-order valence-corrected chi connectivity index (χ0v) is 11.1. The quantitative estimate of drug-likeness (QED) is 0.868. The molecule has 0 heterocycles. The first-order chi connectivity index (χ1) is 7.97. The van der Waals surface area contributed by atoms with Crippen molar-refractivity contribution in [1.29, 1.82) is 0 Å². The lowest BCUT2D eigenvalue weighted by Gasteiger charge is -2.28. The summed E-state index contributed by atoms with van der Waals surface area (Å²) in [6, 6.07) is 8.21. The van der Waals surface area contributed by atoms with E-state index in [1.165, 1.54) is 12.0 Å². The predicted octanol–water partition coefficient (Wildman–Crippen LogP) is 3.45. The Morgan fingerprint density at radius 2 is 1.94 bits per heavy atom. The topological polar surface area (TPSA) is 35.2 Å². The number of hydrogen-bond acceptors (Lipinski definition) is 2. The lowest BCUT2D eigenvalue weighted by molar-refractivity contribution is 0.308. The second-order valence-corrected chi connectivity index (χ2v) is 5.93. The highest BCUT2D eigenvalue weighted by Gasteiger charge is 2.42. The minimum atomic E-state index is -0.213. The van der Waals surface area contributed by atoms with Gasteiger partial charge in [0, 0.05) is 11.1 Å². The van der Waals surface area contributed by atoms with E-state index in [-0.39, 0.29) is 5.54 Å². The average Bonchev–Trinajstić information content (AvgIpc) is 2.55. The molecule has 0 aromatic heterocycles. The van der Waals surface area contributed by atoms with Gasteiger partial charge in [0.05, 0.1) is 6.61 Å². The molecule has 94 valence electrons. The first-order valence-electron chi connectivity index (χ1n) is 6.48. The summed E-state index contributed by atoms with van der Waals surface area (Å²) in [6.07, 6.45) is 3.26. The lowest BCUT2D eigenvalue weighted by Crippen LogP contribution is -2.35. The Hall–Kier alpha value is -1.02. The Balaban J connectivity index is 2.34. The SMILES string of the molecule is CCOc1ccccc1C1(N)CCC(C)(C)C1. The molecular weight excluding hydrogens is 210 g/mol. The molecule has 2 nitrogen and oxygen atoms in total. The largest absolute Gasteiger partial charge is 0.494 e. The monoisotopic (exact) mass is 233 g/mol. The minimum absolute atomic E-state index is 0.213. The maximum absolute atomic E-state index is 6.61. The van der Waals surface area contributed by atoms with Gasteiger partial charge >= 0.3 is 0 Å². The molecule has 1 saturated carbocycles. The first-order valence-corrected chi connectivity index (χ1v) is 6.48. The van der Waals surface area contributed by atoms with Crippen LogP contribution in [0.25, 0.3) is 0 Å². The fourth-order valence-electron chi connectivity index (χ4n) is 2.98. The third-order valence-corrected chi connectivity index (χ3v) is 3.77. The highest BCUT2D eigenvalue weighted by atomic mass is 16.5. The van der Waals surface area contributed by atoms with Crippen LogP contribution < -0.4 is 10.5 Å². The smallest absolute Gasteiger partial charge is 0.124 e. The summed E-state index contributed by atoms with van der Waals surface area (Å²) < 4.78 is 5.70. The molecule has 1 aliphatic rings. The summed E-state index contributed by atoms with van der Waals surface area (Å²) in [4.78, 5) is 0. The standard InChI is InChI=1S/C15H23NO/c1-4-17-13-8-6-5-7-12(13)15(16)10-9-14(2,3)11-15/h5-8H,4,9-11,16H2,1-3H3. The van der Waals surface area contributed by atoms with E-state index in [2.05, 4.69) is 26.0 Å². The summed E-state index contributed by atoms with van der Waals surface area (Å²) in [6.45, 7) is 7.30. The zero-order valence-electron chi connectivity index (χ0n) is 11.1. The van der Waals surface area contributed by atoms with Gasteiger partial charge in [0.25, 0.3) is 0 Å². The molecule has 2 heteroatoms. The van der Waals surface area contributed by atoms with Gasteiger partial charge in [-0.05, 0) is 37.7 Å². The van der Waals surface area contributed by atoms with E-state index >= 15 is 0 Å². The molecule has 1 aromatic rings. The molecule has 0 saturated heterocycles. The van der Waals surface area contributed by atoms with Gasteiger partial charge in [0.15, 0.2) is 0 Å². The predicted molar refractivity (Wildman–Crippen MR) is 71.1 cm³/mol. The Morgan fingerprint density at radius 3 is 2.53 bits per heavy atom. The van der Waals surface area contributed by atoms with Gasteiger partial charge in [0.2, 0.25) is 0 Å². The Labute approximate surface area is 104 Å². The summed E-state index contributed by atoms with van der Waals surface area (Å²) in [5.74, 6) is 0.954. The van der Waals surface area contributed by atoms with E-state index in [0.717, 1.165) is 18.6 Å². The van der Waals surface area contributed by atoms with Gasteiger partial charge in [-0.25, -0.2) is 0 Å². The Kier molecular flexibility index (Phi) is 3.17. The molecule has 1 fully saturated rings. The number of nitrogens with two attached hydrogens (primary N) is 1. The molecule has 1 aliphatic carbocycles. The normalized spacial score (nSPS) is 27.1. The van der Waals surface area contributed by atoms with Crippen LogP contribution in [-0.2, 0) is 5.54 Å². The van der Waals surface area contributed by atoms with E-state index in [1.54, 1.807) is 0 Å². The third-order valence-electron chi connectivity index (χ3n) is 3.77. The molecule has 2 N–H and O–H groups in total. The second kappa shape index (κ2) is 4.34. The molecule has 0 amide bonds. The molecule has 1 aromatic carbocycles. The van der Waals surface area contributed by atoms with Gasteiger partial charge in [-0.15, -0.1) is 0 Å². The van der Waals surface area contributed by atoms with Crippen LogP contribution in [0, 0.1) is 5.41 Å². The van der Waals surface area contributed by atoms with E-state index < -0.39 is 0 Å². The first kappa shape index (κ1) is 12.4. The van der Waals surface area contributed by atoms with Crippen molar-refractivity contribution in [3.63, 3.8) is 0 Å². The Bertz CT molecular complexity index is 400. The average molecular weight is 233 g/mol. The van der Waals surface area contributed by atoms with Crippen LogP contribution in [-0.4, -0.2) is 6.61 Å². The number of para-hydroxylation sites is 1. The van der Waals surface area contributed by atoms with Crippen molar-refractivity contribution < 1.29 is 4.74 Å². The zero-order chi connectivity index (χ0) is 12.5. The molecule has 17 heavy (non-hydrogen) atoms. The van der Waals surface area contributed by atoms with Crippen LogP contribution in [0.4, 0.5) is 0 Å². The van der Waals surface area contributed by atoms with Crippen LogP contribution in [0.2, 0.25) is 0 Å². The summed E-state index contributed by atoms with van der Waals surface area (Å²) >= 11 is 0. The van der Waals surface area contributed by atoms with Crippen molar-refractivity contribution in [3.05, 3.63) is 29.8 Å². The van der Waals surface area contributed by atoms with Crippen LogP contribution in [0.1, 0.15) is 45.6 Å². The van der Waals surface area contributed by atoms with Crippen LogP contribution >= 0.6 is 0 Å². The number of benzene rings is 1. The van der Waals surface area contributed by atoms with Crippen molar-refractivity contribution in [3.8, 4) is 5.75 Å². The summed E-state index contributed by atoms with van der Waals surface area (Å²) in [5.41, 5.74) is 7.91. The maximum Gasteiger partial charge on any atom is 0.124 e. The van der Waals surface area contributed by atoms with Gasteiger partial charge in [0.1, 0.15) is 5.75 Å². The molecule has 2 rings (SSSR count). The van der Waals surface area contributed by atoms with E-state index in [9.17, 15) is 0 Å². The van der Waals surface area contributed by atoms with E-state index in [1.807, 2.05) is 19.1 Å². The molecule has 1 atom stereocenters. The number of rotatable bonds is 3. The van der Waals surface area contributed by atoms with Gasteiger partial charge in [-0.3, -0.25) is 0 Å². The molecule has 0 aliphatic heterocycles. The molecule has 0 bridgehead atoms. The van der Waals surface area contributed by atoms with Crippen molar-refractivity contribution in [2.24, 2.45) is 11.1 Å². The van der Waals surface area contributed by atoms with Crippen LogP contribution in [0.3, 0.4) is 0 Å². The fourth-order valence-corrected chi connectivity index (χ4v) is 2.98. The van der Waals surface area contributed by atoms with E-state index in [4.69, 9.17) is 10.5 Å². The lowest BCUT2D eigenvalue weighted by atomic mass is 9.83. The molecular formula is C15H23NO. The summed E-state index contributed by atoms with van der Waals surface area (Å²) in [7, 11) is 0. The van der Waals surface area contributed by atoms with Crippen molar-refractivity contribution in [2.75, 3.05) is 6.61 Å². The number of ether oxygens (including phenoxy) is 1. The van der Waals surface area contributed by atoms with E-state index in [0.29, 0.717) is 12.0 Å². The highest BCUT2D eigenvalue weighted by molar-refractivity contribution is 5.40. The maximum atomic E-state index is 6.61. The van der Waals surface area contributed by atoms with Crippen molar-refractivity contribution in [1.82, 2.24) is 0 Å². The molecule has 1 unspecified atom stereocenters. The summed E-state index contributed by atoms with van der Waals surface area (Å²) in [5, 5.41) is 0. The van der Waals surface area contributed by atoms with Crippen molar-refractivity contribution in [2.45, 2.75) is 45.6 Å². The third kappa shape index (κ3) is 2.47. The van der Waals surface area contributed by atoms with Gasteiger partial charge < -0.3 is 10.5 Å².